The van der Waals surface area contributed by atoms with Gasteiger partial charge in [0.05, 0.1) is 12.8 Å². The summed E-state index contributed by atoms with van der Waals surface area (Å²) >= 11 is 5.87. The summed E-state index contributed by atoms with van der Waals surface area (Å²) in [7, 11) is 0.646. The van der Waals surface area contributed by atoms with Crippen molar-refractivity contribution in [3.8, 4) is 5.75 Å². The Morgan fingerprint density at radius 1 is 1.33 bits per heavy atom. The summed E-state index contributed by atoms with van der Waals surface area (Å²) in [5.41, 5.74) is 0. The van der Waals surface area contributed by atoms with Gasteiger partial charge in [-0.25, -0.2) is 12.7 Å². The Morgan fingerprint density at radius 3 is 2.52 bits per heavy atom. The van der Waals surface area contributed by atoms with E-state index in [4.69, 9.17) is 16.3 Å². The monoisotopic (exact) mass is 416 g/mol. The molecule has 1 N–H and O–H groups in total. The lowest BCUT2D eigenvalue weighted by molar-refractivity contribution is 0.267. The molecule has 1 saturated heterocycles. The molecule has 9 heteroatoms. The molecule has 0 atom stereocenters. The van der Waals surface area contributed by atoms with Gasteiger partial charge < -0.3 is 15.0 Å². The molecule has 1 heterocycles. The molecule has 27 heavy (non-hydrogen) atoms. The minimum absolute atomic E-state index is 0.443. The van der Waals surface area contributed by atoms with Gasteiger partial charge in [-0.1, -0.05) is 11.6 Å². The highest BCUT2D eigenvalue weighted by Crippen LogP contribution is 2.18. The van der Waals surface area contributed by atoms with Crippen LogP contribution in [0.5, 0.6) is 5.75 Å². The van der Waals surface area contributed by atoms with Crippen LogP contribution in [0.15, 0.2) is 29.3 Å². The molecule has 0 saturated carbocycles. The zero-order valence-corrected chi connectivity index (χ0v) is 17.8. The number of sulfonamides is 1. The molecule has 0 amide bonds. The van der Waals surface area contributed by atoms with Crippen LogP contribution < -0.4 is 10.1 Å². The maximum absolute atomic E-state index is 11.6. The molecule has 1 aromatic rings. The van der Waals surface area contributed by atoms with Crippen molar-refractivity contribution in [3.05, 3.63) is 29.3 Å². The first kappa shape index (κ1) is 21.8. The zero-order chi connectivity index (χ0) is 19.9. The summed E-state index contributed by atoms with van der Waals surface area (Å²) in [5, 5.41) is 4.07. The van der Waals surface area contributed by atoms with Crippen LogP contribution in [-0.4, -0.2) is 76.7 Å². The van der Waals surface area contributed by atoms with Gasteiger partial charge in [0.25, 0.3) is 0 Å². The molecule has 0 radical (unpaired) electrons. The van der Waals surface area contributed by atoms with Gasteiger partial charge in [0.15, 0.2) is 5.96 Å². The number of guanidine groups is 1. The average molecular weight is 417 g/mol. The Balaban J connectivity index is 1.71. The van der Waals surface area contributed by atoms with Gasteiger partial charge in [0.1, 0.15) is 12.4 Å². The molecule has 0 aliphatic carbocycles. The van der Waals surface area contributed by atoms with E-state index >= 15 is 0 Å². The minimum Gasteiger partial charge on any atom is -0.492 e. The first-order chi connectivity index (χ1) is 12.8. The van der Waals surface area contributed by atoms with Crippen LogP contribution in [0.2, 0.25) is 5.02 Å². The highest BCUT2D eigenvalue weighted by atomic mass is 35.5. The summed E-state index contributed by atoms with van der Waals surface area (Å²) in [5.74, 6) is 2.03. The van der Waals surface area contributed by atoms with E-state index < -0.39 is 10.0 Å². The Morgan fingerprint density at radius 2 is 1.96 bits per heavy atom. The lowest BCUT2D eigenvalue weighted by Crippen LogP contribution is -2.45. The molecule has 0 spiro atoms. The van der Waals surface area contributed by atoms with Crippen molar-refractivity contribution in [1.82, 2.24) is 14.5 Å². The largest absolute Gasteiger partial charge is 0.492 e. The quantitative estimate of drug-likeness (QED) is 0.542. The molecule has 0 bridgehead atoms. The van der Waals surface area contributed by atoms with E-state index in [-0.39, 0.29) is 0 Å². The maximum Gasteiger partial charge on any atom is 0.211 e. The normalized spacial score (nSPS) is 17.0. The van der Waals surface area contributed by atoms with Crippen LogP contribution in [0.4, 0.5) is 0 Å². The number of rotatable bonds is 7. The maximum atomic E-state index is 11.6. The second-order valence-corrected chi connectivity index (χ2v) is 9.18. The lowest BCUT2D eigenvalue weighted by atomic mass is 9.98. The van der Waals surface area contributed by atoms with E-state index in [1.54, 1.807) is 23.5 Å². The fraction of sp³-hybridized carbons (Fsp3) is 0.611. The van der Waals surface area contributed by atoms with Gasteiger partial charge in [-0.05, 0) is 43.0 Å². The zero-order valence-electron chi connectivity index (χ0n) is 16.2. The smallest absolute Gasteiger partial charge is 0.211 e. The fourth-order valence-electron chi connectivity index (χ4n) is 3.00. The van der Waals surface area contributed by atoms with Crippen molar-refractivity contribution < 1.29 is 13.2 Å². The van der Waals surface area contributed by atoms with E-state index in [2.05, 4.69) is 10.3 Å². The first-order valence-corrected chi connectivity index (χ1v) is 11.3. The molecule has 1 aliphatic heterocycles. The summed E-state index contributed by atoms with van der Waals surface area (Å²) in [6.45, 7) is 3.19. The molecular formula is C18H29ClN4O3S. The number of nitrogens with one attached hydrogen (secondary N) is 1. The van der Waals surface area contributed by atoms with Crippen LogP contribution in [0.1, 0.15) is 12.8 Å². The van der Waals surface area contributed by atoms with E-state index in [1.807, 2.05) is 24.1 Å². The SMILES string of the molecule is CN=C(NCC1CCN(S(C)(=O)=O)CC1)N(C)CCOc1ccc(Cl)cc1. The topological polar surface area (TPSA) is 74.2 Å². The number of aliphatic imine (C=N–C) groups is 1. The number of nitrogens with zero attached hydrogens (tertiary/aromatic N) is 3. The van der Waals surface area contributed by atoms with Gasteiger partial charge in [-0.2, -0.15) is 0 Å². The predicted molar refractivity (Wildman–Crippen MR) is 110 cm³/mol. The van der Waals surface area contributed by atoms with Crippen molar-refractivity contribution in [1.29, 1.82) is 0 Å². The van der Waals surface area contributed by atoms with Crippen molar-refractivity contribution in [2.24, 2.45) is 10.9 Å². The predicted octanol–water partition coefficient (Wildman–Crippen LogP) is 1.90. The molecule has 1 fully saturated rings. The summed E-state index contributed by atoms with van der Waals surface area (Å²) < 4.78 is 30.4. The molecule has 0 aromatic heterocycles. The second-order valence-electron chi connectivity index (χ2n) is 6.76. The second kappa shape index (κ2) is 10.1. The molecule has 1 aromatic carbocycles. The van der Waals surface area contributed by atoms with Gasteiger partial charge in [0.2, 0.25) is 10.0 Å². The van der Waals surface area contributed by atoms with Crippen LogP contribution in [0.3, 0.4) is 0 Å². The number of halogens is 1. The molecule has 7 nitrogen and oxygen atoms in total. The van der Waals surface area contributed by atoms with E-state index in [0.29, 0.717) is 37.2 Å². The van der Waals surface area contributed by atoms with Crippen molar-refractivity contribution in [2.75, 3.05) is 53.1 Å². The third-order valence-electron chi connectivity index (χ3n) is 4.67. The molecular weight excluding hydrogens is 388 g/mol. The standard InChI is InChI=1S/C18H29ClN4O3S/c1-20-18(21-14-15-8-10-23(11-9-15)27(3,24)25)22(2)12-13-26-17-6-4-16(19)5-7-17/h4-7,15H,8-14H2,1-3H3,(H,20,21). The van der Waals surface area contributed by atoms with Crippen molar-refractivity contribution in [2.45, 2.75) is 12.8 Å². The Bertz CT molecular complexity index is 717. The molecule has 152 valence electrons. The number of ether oxygens (including phenoxy) is 1. The number of piperidine rings is 1. The van der Waals surface area contributed by atoms with Crippen molar-refractivity contribution >= 4 is 27.6 Å². The lowest BCUT2D eigenvalue weighted by Gasteiger charge is -2.31. The first-order valence-electron chi connectivity index (χ1n) is 9.05. The van der Waals surface area contributed by atoms with E-state index in [0.717, 1.165) is 31.1 Å². The minimum atomic E-state index is -3.07. The van der Waals surface area contributed by atoms with Gasteiger partial charge in [0, 0.05) is 38.8 Å². The molecule has 1 aliphatic rings. The van der Waals surface area contributed by atoms with Crippen LogP contribution in [0.25, 0.3) is 0 Å². The number of hydrogen-bond donors (Lipinski definition) is 1. The van der Waals surface area contributed by atoms with E-state index in [1.165, 1.54) is 6.26 Å². The number of hydrogen-bond acceptors (Lipinski definition) is 4. The molecule has 2 rings (SSSR count). The Hall–Kier alpha value is -1.51. The van der Waals surface area contributed by atoms with Gasteiger partial charge in [-0.3, -0.25) is 4.99 Å². The summed E-state index contributed by atoms with van der Waals surface area (Å²) in [6, 6.07) is 7.29. The summed E-state index contributed by atoms with van der Waals surface area (Å²) in [4.78, 5) is 6.33. The molecule has 0 unspecified atom stereocenters. The fourth-order valence-corrected chi connectivity index (χ4v) is 4.00. The van der Waals surface area contributed by atoms with Crippen LogP contribution >= 0.6 is 11.6 Å². The number of benzene rings is 1. The highest BCUT2D eigenvalue weighted by molar-refractivity contribution is 7.88. The van der Waals surface area contributed by atoms with Gasteiger partial charge in [-0.15, -0.1) is 0 Å². The van der Waals surface area contributed by atoms with Crippen LogP contribution in [0, 0.1) is 5.92 Å². The Labute approximate surface area is 167 Å². The average Bonchev–Trinajstić information content (AvgIpc) is 2.63. The van der Waals surface area contributed by atoms with Crippen LogP contribution in [-0.2, 0) is 10.0 Å². The summed E-state index contributed by atoms with van der Waals surface area (Å²) in [6.07, 6.45) is 3.00. The number of likely N-dealkylation sites (N-methyl/N-ethyl adjacent to an activating group) is 1. The highest BCUT2D eigenvalue weighted by Gasteiger charge is 2.25. The van der Waals surface area contributed by atoms with E-state index in [9.17, 15) is 8.42 Å². The van der Waals surface area contributed by atoms with Crippen molar-refractivity contribution in [3.63, 3.8) is 0 Å². The van der Waals surface area contributed by atoms with Gasteiger partial charge >= 0.3 is 0 Å². The Kier molecular flexibility index (Phi) is 8.19. The third-order valence-corrected chi connectivity index (χ3v) is 6.23. The third kappa shape index (κ3) is 7.20.